The number of hydrogen-bond donors (Lipinski definition) is 0. The molecular formula is C31H32O6. The zero-order chi connectivity index (χ0) is 25.3. The molecule has 0 aliphatic carbocycles. The minimum absolute atomic E-state index is 0.386. The molecule has 1 aliphatic rings. The van der Waals surface area contributed by atoms with Crippen LogP contribution in [0.5, 0.6) is 0 Å². The predicted octanol–water partition coefficient (Wildman–Crippen LogP) is 6.08. The lowest BCUT2D eigenvalue weighted by Gasteiger charge is -2.45. The summed E-state index contributed by atoms with van der Waals surface area (Å²) in [6.45, 7) is 1.17. The van der Waals surface area contributed by atoms with E-state index in [4.69, 9.17) is 28.1 Å². The fourth-order valence-corrected chi connectivity index (χ4v) is 4.53. The molecule has 5 atom stereocenters. The quantitative estimate of drug-likeness (QED) is 0.249. The van der Waals surface area contributed by atoms with Gasteiger partial charge in [0.05, 0.1) is 26.1 Å². The summed E-state index contributed by atoms with van der Waals surface area (Å²) < 4.78 is 37.5. The van der Waals surface area contributed by atoms with Gasteiger partial charge in [-0.3, -0.25) is 0 Å². The Balaban J connectivity index is 1.44. The van der Waals surface area contributed by atoms with E-state index in [2.05, 4.69) is 0 Å². The zero-order valence-electron chi connectivity index (χ0n) is 20.8. The summed E-state index contributed by atoms with van der Waals surface area (Å²) in [5.41, 5.74) is 3.16. The van der Waals surface area contributed by atoms with Gasteiger partial charge in [-0.15, -0.1) is 0 Å². The van der Waals surface area contributed by atoms with Crippen LogP contribution in [0.3, 0.4) is 0 Å². The molecule has 192 valence electrons. The van der Waals surface area contributed by atoms with Gasteiger partial charge >= 0.3 is 0 Å². The lowest BCUT2D eigenvalue weighted by Crippen LogP contribution is -2.57. The lowest BCUT2D eigenvalue weighted by atomic mass is 9.96. The summed E-state index contributed by atoms with van der Waals surface area (Å²) in [5.74, 6) is 0.648. The molecule has 6 heteroatoms. The standard InChI is InChI=1S/C31H32O6/c1-32-31-30(36-22-25-16-9-4-10-17-25)29(35-21-24-14-7-3-8-15-24)28(27(37-31)26-18-11-19-33-26)34-20-23-12-5-2-6-13-23/h2-19,27-31H,20-22H2,1H3/t27-,28-,29+,30+,31+/m1/s1. The van der Waals surface area contributed by atoms with Gasteiger partial charge in [-0.2, -0.15) is 0 Å². The Morgan fingerprint density at radius 2 is 1.05 bits per heavy atom. The van der Waals surface area contributed by atoms with Crippen LogP contribution in [0.1, 0.15) is 28.6 Å². The molecule has 6 nitrogen and oxygen atoms in total. The molecule has 2 heterocycles. The van der Waals surface area contributed by atoms with Crippen LogP contribution in [0.25, 0.3) is 0 Å². The molecule has 1 aliphatic heterocycles. The van der Waals surface area contributed by atoms with Crippen molar-refractivity contribution in [3.05, 3.63) is 132 Å². The lowest BCUT2D eigenvalue weighted by molar-refractivity contribution is -0.322. The monoisotopic (exact) mass is 500 g/mol. The summed E-state index contributed by atoms with van der Waals surface area (Å²) in [6.07, 6.45) is -1.14. The SMILES string of the molecule is CO[C@H]1O[C@H](c2ccco2)[C@@H](OCc2ccccc2)[C@H](OCc2ccccc2)[C@@H]1OCc1ccccc1. The second kappa shape index (κ2) is 12.8. The predicted molar refractivity (Wildman–Crippen MR) is 138 cm³/mol. The molecule has 0 radical (unpaired) electrons. The van der Waals surface area contributed by atoms with Crippen LogP contribution in [0, 0.1) is 0 Å². The summed E-state index contributed by atoms with van der Waals surface area (Å²) in [5, 5.41) is 0. The minimum Gasteiger partial charge on any atom is -0.466 e. The zero-order valence-corrected chi connectivity index (χ0v) is 20.8. The first-order valence-corrected chi connectivity index (χ1v) is 12.5. The highest BCUT2D eigenvalue weighted by molar-refractivity contribution is 5.16. The molecule has 0 amide bonds. The molecule has 0 spiro atoms. The molecule has 4 aromatic rings. The van der Waals surface area contributed by atoms with E-state index in [1.807, 2.05) is 103 Å². The Morgan fingerprint density at radius 3 is 1.51 bits per heavy atom. The summed E-state index contributed by atoms with van der Waals surface area (Å²) >= 11 is 0. The average Bonchev–Trinajstić information content (AvgIpc) is 3.50. The second-order valence-electron chi connectivity index (χ2n) is 8.96. The highest BCUT2D eigenvalue weighted by atomic mass is 16.7. The van der Waals surface area contributed by atoms with Crippen LogP contribution < -0.4 is 0 Å². The number of methoxy groups -OCH3 is 1. The Bertz CT molecular complexity index is 1170. The van der Waals surface area contributed by atoms with E-state index < -0.39 is 30.7 Å². The van der Waals surface area contributed by atoms with Crippen molar-refractivity contribution in [2.75, 3.05) is 7.11 Å². The van der Waals surface area contributed by atoms with E-state index in [1.54, 1.807) is 13.4 Å². The number of ether oxygens (including phenoxy) is 5. The summed E-state index contributed by atoms with van der Waals surface area (Å²) in [7, 11) is 1.61. The van der Waals surface area contributed by atoms with Crippen LogP contribution in [-0.2, 0) is 43.5 Å². The van der Waals surface area contributed by atoms with Crippen molar-refractivity contribution in [2.24, 2.45) is 0 Å². The Morgan fingerprint density at radius 1 is 0.568 bits per heavy atom. The maximum absolute atomic E-state index is 6.58. The molecule has 1 saturated heterocycles. The molecule has 0 saturated carbocycles. The summed E-state index contributed by atoms with van der Waals surface area (Å²) in [4.78, 5) is 0. The summed E-state index contributed by atoms with van der Waals surface area (Å²) in [6, 6.07) is 33.9. The van der Waals surface area contributed by atoms with E-state index in [0.717, 1.165) is 16.7 Å². The topological polar surface area (TPSA) is 59.3 Å². The van der Waals surface area contributed by atoms with Crippen molar-refractivity contribution in [3.63, 3.8) is 0 Å². The van der Waals surface area contributed by atoms with Gasteiger partial charge in [0.25, 0.3) is 0 Å². The van der Waals surface area contributed by atoms with Crippen LogP contribution in [0.2, 0.25) is 0 Å². The van der Waals surface area contributed by atoms with E-state index >= 15 is 0 Å². The van der Waals surface area contributed by atoms with Crippen molar-refractivity contribution in [1.82, 2.24) is 0 Å². The number of benzene rings is 3. The molecule has 5 rings (SSSR count). The van der Waals surface area contributed by atoms with Gasteiger partial charge in [0, 0.05) is 7.11 Å². The van der Waals surface area contributed by atoms with Crippen molar-refractivity contribution in [2.45, 2.75) is 50.5 Å². The Hall–Kier alpha value is -3.26. The third-order valence-corrected chi connectivity index (χ3v) is 6.41. The molecule has 0 N–H and O–H groups in total. The molecular weight excluding hydrogens is 468 g/mol. The van der Waals surface area contributed by atoms with Gasteiger partial charge in [0.1, 0.15) is 30.2 Å². The van der Waals surface area contributed by atoms with Gasteiger partial charge in [0.15, 0.2) is 6.29 Å². The van der Waals surface area contributed by atoms with Crippen LogP contribution in [0.15, 0.2) is 114 Å². The highest BCUT2D eigenvalue weighted by Gasteiger charge is 2.50. The first-order valence-electron chi connectivity index (χ1n) is 12.5. The molecule has 0 bridgehead atoms. The number of furan rings is 1. The maximum atomic E-state index is 6.58. The van der Waals surface area contributed by atoms with E-state index in [-0.39, 0.29) is 0 Å². The Kier molecular flexibility index (Phi) is 8.79. The molecule has 1 aromatic heterocycles. The molecule has 3 aromatic carbocycles. The van der Waals surface area contributed by atoms with Gasteiger partial charge in [0.2, 0.25) is 0 Å². The van der Waals surface area contributed by atoms with Crippen molar-refractivity contribution >= 4 is 0 Å². The average molecular weight is 501 g/mol. The van der Waals surface area contributed by atoms with Crippen molar-refractivity contribution in [3.8, 4) is 0 Å². The van der Waals surface area contributed by atoms with Crippen molar-refractivity contribution in [1.29, 1.82) is 0 Å². The largest absolute Gasteiger partial charge is 0.466 e. The molecule has 0 unspecified atom stereocenters. The van der Waals surface area contributed by atoms with E-state index in [0.29, 0.717) is 25.6 Å². The fraction of sp³-hybridized carbons (Fsp3) is 0.290. The van der Waals surface area contributed by atoms with Crippen LogP contribution >= 0.6 is 0 Å². The molecule has 37 heavy (non-hydrogen) atoms. The normalized spacial score (nSPS) is 23.6. The number of rotatable bonds is 11. The van der Waals surface area contributed by atoms with Crippen molar-refractivity contribution < 1.29 is 28.1 Å². The third-order valence-electron chi connectivity index (χ3n) is 6.41. The smallest absolute Gasteiger partial charge is 0.187 e. The second-order valence-corrected chi connectivity index (χ2v) is 8.96. The Labute approximate surface area is 217 Å². The van der Waals surface area contributed by atoms with Crippen LogP contribution in [-0.4, -0.2) is 31.7 Å². The van der Waals surface area contributed by atoms with Gasteiger partial charge in [-0.05, 0) is 28.8 Å². The van der Waals surface area contributed by atoms with Gasteiger partial charge in [-0.25, -0.2) is 0 Å². The van der Waals surface area contributed by atoms with E-state index in [1.165, 1.54) is 0 Å². The van der Waals surface area contributed by atoms with Gasteiger partial charge in [-0.1, -0.05) is 91.0 Å². The van der Waals surface area contributed by atoms with Crippen LogP contribution in [0.4, 0.5) is 0 Å². The minimum atomic E-state index is -0.684. The first kappa shape index (κ1) is 25.4. The third kappa shape index (κ3) is 6.55. The molecule has 1 fully saturated rings. The number of hydrogen-bond acceptors (Lipinski definition) is 6. The maximum Gasteiger partial charge on any atom is 0.187 e. The fourth-order valence-electron chi connectivity index (χ4n) is 4.53. The van der Waals surface area contributed by atoms with Gasteiger partial charge < -0.3 is 28.1 Å². The highest BCUT2D eigenvalue weighted by Crippen LogP contribution is 2.38. The first-order chi connectivity index (χ1) is 18.3. The van der Waals surface area contributed by atoms with E-state index in [9.17, 15) is 0 Å².